The lowest BCUT2D eigenvalue weighted by Crippen LogP contribution is -2.59. The van der Waals surface area contributed by atoms with Crippen LogP contribution in [0.15, 0.2) is 24.3 Å². The fourth-order valence-corrected chi connectivity index (χ4v) is 4.13. The maximum atomic E-state index is 13.9. The van der Waals surface area contributed by atoms with Crippen LogP contribution in [0.2, 0.25) is 0 Å². The molecule has 0 aliphatic heterocycles. The van der Waals surface area contributed by atoms with E-state index in [-0.39, 0.29) is 11.4 Å². The summed E-state index contributed by atoms with van der Waals surface area (Å²) in [5, 5.41) is 0. The van der Waals surface area contributed by atoms with Gasteiger partial charge in [-0.1, -0.05) is 44.9 Å². The Morgan fingerprint density at radius 3 is 2.67 bits per heavy atom. The Kier molecular flexibility index (Phi) is 5.39. The summed E-state index contributed by atoms with van der Waals surface area (Å²) < 4.78 is 13.9. The molecule has 0 amide bonds. The average Bonchev–Trinajstić information content (AvgIpc) is 2.49. The first-order valence-electron chi connectivity index (χ1n) is 8.16. The number of halogens is 1. The van der Waals surface area contributed by atoms with Gasteiger partial charge in [-0.05, 0) is 37.8 Å². The van der Waals surface area contributed by atoms with E-state index in [1.165, 1.54) is 19.3 Å². The fraction of sp³-hybridized carbons (Fsp3) is 0.667. The summed E-state index contributed by atoms with van der Waals surface area (Å²) in [6, 6.07) is 7.07. The first-order valence-corrected chi connectivity index (χ1v) is 8.16. The fourth-order valence-electron chi connectivity index (χ4n) is 4.13. The SMILES string of the molecule is CC(C)C1CCCCC1(CN)N(C)Cc1ccccc1F. The zero-order valence-corrected chi connectivity index (χ0v) is 13.6. The third kappa shape index (κ3) is 3.29. The summed E-state index contributed by atoms with van der Waals surface area (Å²) in [7, 11) is 2.11. The van der Waals surface area contributed by atoms with Gasteiger partial charge in [-0.15, -0.1) is 0 Å². The number of nitrogens with two attached hydrogens (primary N) is 1. The van der Waals surface area contributed by atoms with E-state index in [9.17, 15) is 4.39 Å². The third-order valence-corrected chi connectivity index (χ3v) is 5.35. The quantitative estimate of drug-likeness (QED) is 0.894. The number of benzene rings is 1. The van der Waals surface area contributed by atoms with Gasteiger partial charge in [0.1, 0.15) is 5.82 Å². The van der Waals surface area contributed by atoms with Crippen LogP contribution in [0.4, 0.5) is 4.39 Å². The standard InChI is InChI=1S/C18H29FN2/c1-14(2)16-9-6-7-11-18(16,13-20)21(3)12-15-8-4-5-10-17(15)19/h4-5,8,10,14,16H,6-7,9,11-13,20H2,1-3H3. The Balaban J connectivity index is 2.24. The van der Waals surface area contributed by atoms with Gasteiger partial charge in [-0.2, -0.15) is 0 Å². The van der Waals surface area contributed by atoms with Crippen molar-refractivity contribution in [1.29, 1.82) is 0 Å². The number of likely N-dealkylation sites (N-methyl/N-ethyl adjacent to an activating group) is 1. The van der Waals surface area contributed by atoms with Crippen molar-refractivity contribution < 1.29 is 4.39 Å². The molecule has 2 N–H and O–H groups in total. The van der Waals surface area contributed by atoms with Gasteiger partial charge >= 0.3 is 0 Å². The largest absolute Gasteiger partial charge is 0.329 e. The molecule has 0 aromatic heterocycles. The zero-order chi connectivity index (χ0) is 15.5. The molecule has 1 saturated carbocycles. The van der Waals surface area contributed by atoms with Crippen molar-refractivity contribution in [2.45, 2.75) is 51.6 Å². The minimum absolute atomic E-state index is 0.00863. The minimum atomic E-state index is -0.117. The molecule has 1 aromatic carbocycles. The molecule has 0 heterocycles. The Bertz CT molecular complexity index is 460. The molecule has 118 valence electrons. The van der Waals surface area contributed by atoms with Gasteiger partial charge in [0.2, 0.25) is 0 Å². The van der Waals surface area contributed by atoms with E-state index in [4.69, 9.17) is 5.73 Å². The summed E-state index contributed by atoms with van der Waals surface area (Å²) in [6.07, 6.45) is 4.87. The van der Waals surface area contributed by atoms with Gasteiger partial charge in [0.25, 0.3) is 0 Å². The van der Waals surface area contributed by atoms with Crippen molar-refractivity contribution in [3.8, 4) is 0 Å². The first kappa shape index (κ1) is 16.4. The number of nitrogens with zero attached hydrogens (tertiary/aromatic N) is 1. The highest BCUT2D eigenvalue weighted by molar-refractivity contribution is 5.18. The normalized spacial score (nSPS) is 26.5. The van der Waals surface area contributed by atoms with Gasteiger partial charge in [-0.25, -0.2) is 4.39 Å². The lowest BCUT2D eigenvalue weighted by Gasteiger charge is -2.51. The molecule has 0 spiro atoms. The zero-order valence-electron chi connectivity index (χ0n) is 13.6. The van der Waals surface area contributed by atoms with Crippen molar-refractivity contribution in [2.24, 2.45) is 17.6 Å². The molecular formula is C18H29FN2. The third-order valence-electron chi connectivity index (χ3n) is 5.35. The average molecular weight is 292 g/mol. The van der Waals surface area contributed by atoms with E-state index >= 15 is 0 Å². The number of hydrogen-bond donors (Lipinski definition) is 1. The van der Waals surface area contributed by atoms with Crippen LogP contribution >= 0.6 is 0 Å². The highest BCUT2D eigenvalue weighted by Gasteiger charge is 2.44. The predicted octanol–water partition coefficient (Wildman–Crippen LogP) is 3.80. The van der Waals surface area contributed by atoms with E-state index in [0.717, 1.165) is 12.0 Å². The summed E-state index contributed by atoms with van der Waals surface area (Å²) in [5.74, 6) is 1.08. The van der Waals surface area contributed by atoms with Crippen molar-refractivity contribution in [3.63, 3.8) is 0 Å². The monoisotopic (exact) mass is 292 g/mol. The molecule has 2 rings (SSSR count). The van der Waals surface area contributed by atoms with Crippen molar-refractivity contribution in [2.75, 3.05) is 13.6 Å². The van der Waals surface area contributed by atoms with Gasteiger partial charge < -0.3 is 5.73 Å². The lowest BCUT2D eigenvalue weighted by atomic mass is 9.67. The second-order valence-corrected chi connectivity index (χ2v) is 6.85. The molecular weight excluding hydrogens is 263 g/mol. The van der Waals surface area contributed by atoms with Crippen LogP contribution < -0.4 is 5.73 Å². The maximum Gasteiger partial charge on any atom is 0.127 e. The van der Waals surface area contributed by atoms with E-state index in [1.807, 2.05) is 12.1 Å². The summed E-state index contributed by atoms with van der Waals surface area (Å²) >= 11 is 0. The van der Waals surface area contributed by atoms with Gasteiger partial charge in [0, 0.05) is 24.2 Å². The van der Waals surface area contributed by atoms with E-state index in [1.54, 1.807) is 12.1 Å². The molecule has 0 bridgehead atoms. The highest BCUT2D eigenvalue weighted by Crippen LogP contribution is 2.42. The van der Waals surface area contributed by atoms with Crippen LogP contribution in [0.5, 0.6) is 0 Å². The van der Waals surface area contributed by atoms with Crippen LogP contribution in [0.25, 0.3) is 0 Å². The maximum absolute atomic E-state index is 13.9. The Morgan fingerprint density at radius 1 is 1.33 bits per heavy atom. The van der Waals surface area contributed by atoms with Crippen LogP contribution in [0, 0.1) is 17.7 Å². The molecule has 0 radical (unpaired) electrons. The van der Waals surface area contributed by atoms with Crippen molar-refractivity contribution in [1.82, 2.24) is 4.90 Å². The van der Waals surface area contributed by atoms with Gasteiger partial charge in [-0.3, -0.25) is 4.90 Å². The molecule has 1 fully saturated rings. The summed E-state index contributed by atoms with van der Waals surface area (Å²) in [4.78, 5) is 2.31. The molecule has 0 saturated heterocycles. The summed E-state index contributed by atoms with van der Waals surface area (Å²) in [6.45, 7) is 5.86. The first-order chi connectivity index (χ1) is 10.0. The van der Waals surface area contributed by atoms with Crippen LogP contribution in [-0.4, -0.2) is 24.0 Å². The molecule has 2 nitrogen and oxygen atoms in total. The Morgan fingerprint density at radius 2 is 2.05 bits per heavy atom. The molecule has 1 aliphatic rings. The summed E-state index contributed by atoms with van der Waals surface area (Å²) in [5.41, 5.74) is 7.00. The smallest absolute Gasteiger partial charge is 0.127 e. The molecule has 2 unspecified atom stereocenters. The molecule has 1 aliphatic carbocycles. The van der Waals surface area contributed by atoms with Crippen LogP contribution in [-0.2, 0) is 6.54 Å². The van der Waals surface area contributed by atoms with E-state index < -0.39 is 0 Å². The minimum Gasteiger partial charge on any atom is -0.329 e. The lowest BCUT2D eigenvalue weighted by molar-refractivity contribution is -0.00236. The van der Waals surface area contributed by atoms with E-state index in [0.29, 0.717) is 24.9 Å². The second kappa shape index (κ2) is 6.89. The number of hydrogen-bond acceptors (Lipinski definition) is 2. The molecule has 2 atom stereocenters. The topological polar surface area (TPSA) is 29.3 Å². The van der Waals surface area contributed by atoms with Crippen LogP contribution in [0.1, 0.15) is 45.1 Å². The predicted molar refractivity (Wildman–Crippen MR) is 86.4 cm³/mol. The van der Waals surface area contributed by atoms with Crippen molar-refractivity contribution in [3.05, 3.63) is 35.6 Å². The van der Waals surface area contributed by atoms with E-state index in [2.05, 4.69) is 25.8 Å². The Labute approximate surface area is 128 Å². The van der Waals surface area contributed by atoms with Gasteiger partial charge in [0.05, 0.1) is 0 Å². The van der Waals surface area contributed by atoms with Gasteiger partial charge in [0.15, 0.2) is 0 Å². The molecule has 3 heteroatoms. The Hall–Kier alpha value is -0.930. The number of rotatable bonds is 5. The van der Waals surface area contributed by atoms with Crippen LogP contribution in [0.3, 0.4) is 0 Å². The van der Waals surface area contributed by atoms with Crippen molar-refractivity contribution >= 4 is 0 Å². The molecule has 21 heavy (non-hydrogen) atoms. The molecule has 1 aromatic rings. The second-order valence-electron chi connectivity index (χ2n) is 6.85. The highest BCUT2D eigenvalue weighted by atomic mass is 19.1.